The fourth-order valence-electron chi connectivity index (χ4n) is 16.1. The number of fused-ring (bicyclic) bond motifs is 6. The molecular weight excluding hydrogens is 1980 g/mol. The minimum atomic E-state index is -1.12. The van der Waals surface area contributed by atoms with Crippen LogP contribution >= 0.6 is 51.5 Å². The number of carbonyl (C=O) groups is 8. The van der Waals surface area contributed by atoms with Crippen LogP contribution in [0.4, 0.5) is 45.0 Å². The monoisotopic (exact) mass is 2070 g/mol. The number of ether oxygens (including phenoxy) is 6. The number of esters is 2. The van der Waals surface area contributed by atoms with Crippen LogP contribution in [0.15, 0.2) is 140 Å². The third-order valence-corrected chi connectivity index (χ3v) is 24.6. The van der Waals surface area contributed by atoms with Crippen molar-refractivity contribution >= 4 is 150 Å². The molecule has 16 aromatic rings. The molecule has 4 saturated carbocycles. The minimum absolute atomic E-state index is 0. The summed E-state index contributed by atoms with van der Waals surface area (Å²) in [6.45, 7) is 9.42. The van der Waals surface area contributed by atoms with Gasteiger partial charge in [-0.15, -0.1) is 32.8 Å². The predicted octanol–water partition coefficient (Wildman–Crippen LogP) is 8.08. The number of halogens is 6. The number of rotatable bonds is 25. The molecule has 4 amide bonds. The van der Waals surface area contributed by atoms with Crippen LogP contribution in [0.5, 0.6) is 0 Å². The van der Waals surface area contributed by atoms with E-state index < -0.39 is 29.5 Å². The first-order valence-corrected chi connectivity index (χ1v) is 45.9. The van der Waals surface area contributed by atoms with Gasteiger partial charge in [-0.1, -0.05) is 44.1 Å². The number of cyclic esters (lactones) is 4. The summed E-state index contributed by atoms with van der Waals surface area (Å²) in [5.74, 6) is -1.13. The zero-order chi connectivity index (χ0) is 95.7. The second-order valence-electron chi connectivity index (χ2n) is 33.3. The number of alkyl carbamates (subject to hydrolysis) is 1. The predicted molar refractivity (Wildman–Crippen MR) is 501 cm³/mol. The van der Waals surface area contributed by atoms with Gasteiger partial charge >= 0.3 is 61.1 Å². The van der Waals surface area contributed by atoms with Gasteiger partial charge in [0.2, 0.25) is 0 Å². The van der Waals surface area contributed by atoms with Crippen LogP contribution in [0.25, 0.3) is 33.6 Å². The summed E-state index contributed by atoms with van der Waals surface area (Å²) in [5, 5.41) is 42.7. The number of anilines is 3. The molecule has 24 rings (SSSR count). The maximum absolute atomic E-state index is 14.5. The van der Waals surface area contributed by atoms with Crippen molar-refractivity contribution in [1.29, 1.82) is 0 Å². The molecule has 142 heavy (non-hydrogen) atoms. The Kier molecular flexibility index (Phi) is 31.7. The number of imidazole rings is 6. The summed E-state index contributed by atoms with van der Waals surface area (Å²) >= 11 is 15.1. The summed E-state index contributed by atoms with van der Waals surface area (Å²) in [4.78, 5) is 125. The molecule has 0 unspecified atom stereocenters. The summed E-state index contributed by atoms with van der Waals surface area (Å²) < 4.78 is 75.6. The zero-order valence-corrected chi connectivity index (χ0v) is 80.2. The Bertz CT molecular complexity index is 7420. The van der Waals surface area contributed by atoms with Gasteiger partial charge in [0.15, 0.2) is 57.1 Å². The molecule has 53 heteroatoms. The Morgan fingerprint density at radius 1 is 0.493 bits per heavy atom. The van der Waals surface area contributed by atoms with E-state index in [1.165, 1.54) is 81.4 Å². The van der Waals surface area contributed by atoms with E-state index in [1.54, 1.807) is 71.8 Å². The van der Waals surface area contributed by atoms with E-state index in [4.69, 9.17) is 67.7 Å². The molecule has 8 fully saturated rings. The second kappa shape index (κ2) is 44.2. The number of carboxylic acids is 1. The van der Waals surface area contributed by atoms with E-state index in [1.807, 2.05) is 66.8 Å². The molecule has 20 heterocycles. The molecule has 7 N–H and O–H groups in total. The number of ketones is 1. The smallest absolute Gasteiger partial charge is 0.870 e. The van der Waals surface area contributed by atoms with Crippen molar-refractivity contribution in [2.24, 2.45) is 5.73 Å². The molecule has 0 bridgehead atoms. The topological polar surface area (TPSA) is 548 Å². The number of carboxylic acid groups (broad SMARTS) is 1. The molecule has 16 aromatic heterocycles. The molecule has 4 saturated heterocycles. The average molecular weight is 2070 g/mol. The number of nitrogens with zero attached hydrogens (tertiary/aromatic N) is 27. The fourth-order valence-corrected chi connectivity index (χ4v) is 16.9. The Hall–Kier alpha value is -14.5. The number of pyridine rings is 6. The SMILES string of the molecule is CCOC(=O)c1cn(Cc2cn3cc(C4CC4)cc(Br)c3n2)nn1.CCOC(=O)c1cn(Cc2cn3cc(C4CC4)cc(N4CCOC4=O)c3n2)nn1.Cl.NCc1ncn2ccc(Cl)c(F)c12.O.O=C(CCc1ncn2ccc(Cl)c(F)c12)c1cn(Cc2cn3cc(C4CC4)cc(N4CCOC4=O)c3n2)nn1.O=C(O)c1cn(Cc2cn3cc(C4CC4)cc(N4CCOC4=O)c3n2)nn1.O=C1NCCO1.[Li+].[OH-]. The van der Waals surface area contributed by atoms with E-state index >= 15 is 0 Å². The van der Waals surface area contributed by atoms with Gasteiger partial charge in [-0.05, 0) is 170 Å². The van der Waals surface area contributed by atoms with Gasteiger partial charge in [-0.25, -0.2) is 91.0 Å². The van der Waals surface area contributed by atoms with Crippen LogP contribution in [0, 0.1) is 11.6 Å². The first-order chi connectivity index (χ1) is 66.9. The average Bonchev–Trinajstić information content (AvgIpc) is 1.60. The maximum atomic E-state index is 14.5. The van der Waals surface area contributed by atoms with Crippen molar-refractivity contribution in [1.82, 2.24) is 122 Å². The molecule has 0 radical (unpaired) electrons. The Morgan fingerprint density at radius 3 is 1.18 bits per heavy atom. The molecule has 736 valence electrons. The Morgan fingerprint density at radius 2 is 0.845 bits per heavy atom. The van der Waals surface area contributed by atoms with Gasteiger partial charge in [0.05, 0.1) is 169 Å². The number of Topliss-reactive ketones (excluding diaryl/α,β-unsaturated/α-hetero) is 1. The van der Waals surface area contributed by atoms with Crippen molar-refractivity contribution in [2.45, 2.75) is 134 Å². The third kappa shape index (κ3) is 22.9. The van der Waals surface area contributed by atoms with Crippen LogP contribution in [-0.4, -0.2) is 246 Å². The fraction of sp³-hybridized carbons (Fsp3) is 0.348. The molecule has 46 nitrogen and oxygen atoms in total. The van der Waals surface area contributed by atoms with Gasteiger partial charge in [0.25, 0.3) is 0 Å². The first kappa shape index (κ1) is 102. The number of hydrogen-bond acceptors (Lipinski definition) is 30. The van der Waals surface area contributed by atoms with Crippen LogP contribution in [0.1, 0.15) is 194 Å². The van der Waals surface area contributed by atoms with Crippen molar-refractivity contribution in [3.8, 4) is 0 Å². The summed E-state index contributed by atoms with van der Waals surface area (Å²) in [6.07, 6.45) is 36.6. The van der Waals surface area contributed by atoms with Crippen LogP contribution in [0.3, 0.4) is 0 Å². The van der Waals surface area contributed by atoms with E-state index in [2.05, 4.69) is 112 Å². The van der Waals surface area contributed by atoms with E-state index in [9.17, 15) is 47.1 Å². The van der Waals surface area contributed by atoms with Crippen LogP contribution < -0.4 is 44.6 Å². The number of nitrogens with two attached hydrogens (primary N) is 1. The van der Waals surface area contributed by atoms with Gasteiger partial charge in [-0.2, -0.15) is 0 Å². The number of aryl methyl sites for hydroxylation is 1. The van der Waals surface area contributed by atoms with Gasteiger partial charge in [0, 0.05) is 74.9 Å². The van der Waals surface area contributed by atoms with Gasteiger partial charge < -0.3 is 81.9 Å². The molecule has 4 aliphatic carbocycles. The molecule has 0 aromatic carbocycles. The second-order valence-corrected chi connectivity index (χ2v) is 35.0. The van der Waals surface area contributed by atoms with Crippen molar-refractivity contribution in [2.75, 3.05) is 80.5 Å². The number of aromatic carboxylic acids is 1. The summed E-state index contributed by atoms with van der Waals surface area (Å²) in [6, 6.07) is 11.2. The number of carbonyl (C=O) groups excluding carboxylic acids is 7. The third-order valence-electron chi connectivity index (χ3n) is 23.4. The van der Waals surface area contributed by atoms with Crippen molar-refractivity contribution < 1.29 is 110 Å². The zero-order valence-electron chi connectivity index (χ0n) is 76.2. The minimum Gasteiger partial charge on any atom is -0.870 e. The summed E-state index contributed by atoms with van der Waals surface area (Å²) in [5.41, 5.74) is 20.4. The van der Waals surface area contributed by atoms with Crippen LogP contribution in [-0.2, 0) is 67.6 Å². The quantitative estimate of drug-likeness (QED) is 0.0210. The van der Waals surface area contributed by atoms with E-state index in [-0.39, 0.29) is 143 Å². The summed E-state index contributed by atoms with van der Waals surface area (Å²) in [7, 11) is 0. The van der Waals surface area contributed by atoms with Crippen LogP contribution in [0.2, 0.25) is 10.0 Å². The molecule has 4 aliphatic heterocycles. The Labute approximate surface area is 839 Å². The Balaban J connectivity index is 0.000000135. The number of aromatic nitrogens is 24. The number of amides is 4. The molecule has 0 atom stereocenters. The van der Waals surface area contributed by atoms with Gasteiger partial charge in [-0.3, -0.25) is 19.5 Å². The number of hydrogen-bond donors (Lipinski definition) is 3. The van der Waals surface area contributed by atoms with E-state index in [0.717, 1.165) is 77.1 Å². The van der Waals surface area contributed by atoms with E-state index in [0.29, 0.717) is 148 Å². The first-order valence-electron chi connectivity index (χ1n) is 44.4. The molecule has 8 aliphatic rings. The maximum Gasteiger partial charge on any atom is 1.00 e. The standard InChI is InChI=1S/C26H22ClFN8O3.C19H20N6O4.C17H16N6O4.C16H16BrN5O2.C8H7ClFN3.C3H5NO2.ClH.Li.2H2O/c27-18-5-6-33-14-29-19(24(33)23(18)28)3-4-22(37)20-13-35(32-31-20)12-17-11-34-10-16(15-1-2-15)9-21(25(34)30-17)36-7-8-39-26(36)38;1-2-28-18(26)15-11-24(22-21-15)10-14-9-23-8-13(12-3-4-12)7-16(17(23)20-14)25-5-6-29-19(25)27;24-16(25)13-9-22(20-19-13)8-12-7-21-6-11(10-1-2-10)5-14(15(21)18-12)23-3-4-27-17(23)26;1-2-24-16(23)14-9-22(20-19-14)8-12-7-21-6-11(10-3-4-10)5-13(17)15(21)18-12;9-5-1-2-13-4-12-6(3-11)8(13)7(5)10;5-3-4-1-2-6-3;;;;/h5-6,9-11,13-15H,1-4,7-8,12H2;7-9,11-12H,2-6,10H2,1H3;5-7,9-10H,1-4,8H2,(H,24,25);5-7,9-10H,2-4,8H2,1H3;1-2,4H,3,11H2;1-2H2,(H,4,5);1H;;2*1H2/q;;;;;;;+1;;/p-1. The molecule has 0 spiro atoms. The number of nitrogens with one attached hydrogen (secondary N) is 1. The van der Waals surface area contributed by atoms with Crippen molar-refractivity contribution in [3.05, 3.63) is 241 Å². The normalized spacial score (nSPS) is 15.1. The van der Waals surface area contributed by atoms with Gasteiger partial charge in [0.1, 0.15) is 43.2 Å². The molecular formula is C89H90BrCl3F2LiN29O17. The largest absolute Gasteiger partial charge is 1.00 e. The van der Waals surface area contributed by atoms with Crippen molar-refractivity contribution in [3.63, 3.8) is 0 Å².